The van der Waals surface area contributed by atoms with Crippen LogP contribution in [0.5, 0.6) is 0 Å². The van der Waals surface area contributed by atoms with E-state index in [2.05, 4.69) is 0 Å². The van der Waals surface area contributed by atoms with E-state index in [1.54, 1.807) is 0 Å². The molecule has 0 aliphatic carbocycles. The molecule has 0 aliphatic rings. The highest BCUT2D eigenvalue weighted by Gasteiger charge is 2.46. The van der Waals surface area contributed by atoms with Crippen LogP contribution in [0.25, 0.3) is 11.1 Å². The maximum Gasteiger partial charge on any atom is 0.417 e. The summed E-state index contributed by atoms with van der Waals surface area (Å²) >= 11 is 0. The number of rotatable bonds is 4. The molecule has 10 heteroatoms. The van der Waals surface area contributed by atoms with Crippen molar-refractivity contribution in [1.82, 2.24) is 10.8 Å². The van der Waals surface area contributed by atoms with Crippen molar-refractivity contribution >= 4 is 11.8 Å². The molecule has 2 rings (SSSR count). The van der Waals surface area contributed by atoms with Crippen LogP contribution in [0.1, 0.15) is 10.4 Å². The van der Waals surface area contributed by atoms with Crippen molar-refractivity contribution in [3.8, 4) is 11.1 Å². The van der Waals surface area contributed by atoms with Crippen molar-refractivity contribution in [3.05, 3.63) is 59.7 Å². The van der Waals surface area contributed by atoms with Crippen molar-refractivity contribution < 1.29 is 36.7 Å². The third-order valence-electron chi connectivity index (χ3n) is 3.32. The molecule has 0 fully saturated rings. The lowest BCUT2D eigenvalue weighted by Crippen LogP contribution is -2.54. The zero-order valence-corrected chi connectivity index (χ0v) is 12.8. The number of hydroxylamine groups is 1. The first kappa shape index (κ1) is 19.3. The topological polar surface area (TPSA) is 78.4 Å². The number of carbonyl (C=O) groups is 2. The van der Waals surface area contributed by atoms with E-state index < -0.39 is 35.7 Å². The smallest absolute Gasteiger partial charge is 0.333 e. The van der Waals surface area contributed by atoms with E-state index in [-0.39, 0.29) is 11.1 Å². The number of hydrogen-bond acceptors (Lipinski definition) is 3. The highest BCUT2D eigenvalue weighted by molar-refractivity contribution is 5.98. The molecular weight excluding hydrogens is 363 g/mol. The first-order valence-corrected chi connectivity index (χ1v) is 7.00. The van der Waals surface area contributed by atoms with Crippen LogP contribution in [0.4, 0.5) is 22.0 Å². The number of alkyl halides is 3. The van der Waals surface area contributed by atoms with Crippen molar-refractivity contribution in [1.29, 1.82) is 0 Å². The highest BCUT2D eigenvalue weighted by atomic mass is 19.4. The zero-order valence-electron chi connectivity index (χ0n) is 12.8. The first-order chi connectivity index (χ1) is 12.1. The van der Waals surface area contributed by atoms with Gasteiger partial charge in [0.2, 0.25) is 6.04 Å². The molecule has 2 amide bonds. The molecule has 1 atom stereocenters. The average molecular weight is 374 g/mol. The average Bonchev–Trinajstić information content (AvgIpc) is 2.57. The van der Waals surface area contributed by atoms with Gasteiger partial charge in [-0.15, -0.1) is 0 Å². The van der Waals surface area contributed by atoms with Crippen molar-refractivity contribution in [2.24, 2.45) is 0 Å². The molecule has 2 aromatic rings. The molecule has 0 aromatic heterocycles. The van der Waals surface area contributed by atoms with E-state index in [0.717, 1.165) is 29.7 Å². The third-order valence-corrected chi connectivity index (χ3v) is 3.32. The van der Waals surface area contributed by atoms with Crippen molar-refractivity contribution in [2.45, 2.75) is 12.2 Å². The fourth-order valence-electron chi connectivity index (χ4n) is 2.11. The molecule has 1 unspecified atom stereocenters. The Hall–Kier alpha value is -3.01. The summed E-state index contributed by atoms with van der Waals surface area (Å²) in [5, 5.41) is 9.79. The maximum absolute atomic E-state index is 13.2. The summed E-state index contributed by atoms with van der Waals surface area (Å²) in [6.07, 6.45) is -5.12. The number of benzene rings is 2. The van der Waals surface area contributed by atoms with E-state index >= 15 is 0 Å². The van der Waals surface area contributed by atoms with Crippen molar-refractivity contribution in [2.75, 3.05) is 0 Å². The summed E-state index contributed by atoms with van der Waals surface area (Å²) in [6.45, 7) is 0. The number of amides is 2. The van der Waals surface area contributed by atoms with Crippen LogP contribution in [-0.2, 0) is 4.79 Å². The van der Waals surface area contributed by atoms with Gasteiger partial charge >= 0.3 is 6.18 Å². The van der Waals surface area contributed by atoms with Crippen LogP contribution >= 0.6 is 0 Å². The molecule has 138 valence electrons. The second-order valence-electron chi connectivity index (χ2n) is 5.16. The Morgan fingerprint density at radius 3 is 1.92 bits per heavy atom. The third kappa shape index (κ3) is 4.54. The molecule has 0 spiro atoms. The minimum atomic E-state index is -5.12. The van der Waals surface area contributed by atoms with Gasteiger partial charge in [-0.05, 0) is 35.4 Å². The lowest BCUT2D eigenvalue weighted by molar-refractivity contribution is -0.172. The maximum atomic E-state index is 13.2. The summed E-state index contributed by atoms with van der Waals surface area (Å²) in [7, 11) is 0. The van der Waals surface area contributed by atoms with Crippen LogP contribution in [0.15, 0.2) is 42.5 Å². The first-order valence-electron chi connectivity index (χ1n) is 7.00. The van der Waals surface area contributed by atoms with E-state index in [4.69, 9.17) is 5.21 Å². The molecule has 0 saturated carbocycles. The van der Waals surface area contributed by atoms with Crippen LogP contribution < -0.4 is 10.8 Å². The van der Waals surface area contributed by atoms with Gasteiger partial charge in [-0.25, -0.2) is 14.3 Å². The molecule has 0 radical (unpaired) electrons. The van der Waals surface area contributed by atoms with E-state index in [0.29, 0.717) is 11.6 Å². The summed E-state index contributed by atoms with van der Waals surface area (Å²) < 4.78 is 64.6. The van der Waals surface area contributed by atoms with Gasteiger partial charge in [0, 0.05) is 11.6 Å². The quantitative estimate of drug-likeness (QED) is 0.438. The summed E-state index contributed by atoms with van der Waals surface area (Å²) in [5.41, 5.74) is 1.08. The van der Waals surface area contributed by atoms with E-state index in [9.17, 15) is 31.5 Å². The molecule has 3 N–H and O–H groups in total. The summed E-state index contributed by atoms with van der Waals surface area (Å²) in [6, 6.07) is 4.62. The lowest BCUT2D eigenvalue weighted by atomic mass is 10.0. The van der Waals surface area contributed by atoms with Crippen molar-refractivity contribution in [3.63, 3.8) is 0 Å². The second kappa shape index (κ2) is 7.48. The van der Waals surface area contributed by atoms with Gasteiger partial charge in [-0.1, -0.05) is 12.1 Å². The standard InChI is InChI=1S/C16H11F5N2O3/c17-11-5-10(6-12(18)7-11)8-1-3-9(4-2-8)14(24)22-13(15(25)23-26)16(19,20)21/h1-7,13,26H,(H,22,24)(H,23,25). The summed E-state index contributed by atoms with van der Waals surface area (Å²) in [4.78, 5) is 22.9. The molecule has 0 bridgehead atoms. The van der Waals surface area contributed by atoms with Crippen LogP contribution in [-0.4, -0.2) is 29.2 Å². The number of carbonyl (C=O) groups excluding carboxylic acids is 2. The number of nitrogens with one attached hydrogen (secondary N) is 2. The Kier molecular flexibility index (Phi) is 5.56. The lowest BCUT2D eigenvalue weighted by Gasteiger charge is -2.19. The molecule has 26 heavy (non-hydrogen) atoms. The molecule has 0 aliphatic heterocycles. The highest BCUT2D eigenvalue weighted by Crippen LogP contribution is 2.23. The Balaban J connectivity index is 2.21. The fourth-order valence-corrected chi connectivity index (χ4v) is 2.11. The zero-order chi connectivity index (χ0) is 19.5. The number of halogens is 5. The van der Waals surface area contributed by atoms with Gasteiger partial charge in [-0.2, -0.15) is 13.2 Å². The van der Waals surface area contributed by atoms with Gasteiger partial charge < -0.3 is 5.32 Å². The van der Waals surface area contributed by atoms with Crippen LogP contribution in [0.2, 0.25) is 0 Å². The van der Waals surface area contributed by atoms with Crippen LogP contribution in [0, 0.1) is 11.6 Å². The van der Waals surface area contributed by atoms with Gasteiger partial charge in [0.05, 0.1) is 0 Å². The molecule has 2 aromatic carbocycles. The Morgan fingerprint density at radius 1 is 0.923 bits per heavy atom. The predicted octanol–water partition coefficient (Wildman–Crippen LogP) is 2.80. The second-order valence-corrected chi connectivity index (χ2v) is 5.16. The van der Waals surface area contributed by atoms with Gasteiger partial charge in [0.25, 0.3) is 11.8 Å². The molecular formula is C16H11F5N2O3. The minimum Gasteiger partial charge on any atom is -0.333 e. The number of hydrogen-bond donors (Lipinski definition) is 3. The van der Waals surface area contributed by atoms with E-state index in [1.165, 1.54) is 17.4 Å². The van der Waals surface area contributed by atoms with Crippen LogP contribution in [0.3, 0.4) is 0 Å². The monoisotopic (exact) mass is 374 g/mol. The minimum absolute atomic E-state index is 0.169. The Bertz CT molecular complexity index is 801. The van der Waals surface area contributed by atoms with Gasteiger partial charge in [0.15, 0.2) is 0 Å². The summed E-state index contributed by atoms with van der Waals surface area (Å²) in [5.74, 6) is -4.71. The van der Waals surface area contributed by atoms with Gasteiger partial charge in [-0.3, -0.25) is 14.8 Å². The Labute approximate surface area is 143 Å². The van der Waals surface area contributed by atoms with E-state index in [1.807, 2.05) is 0 Å². The normalized spacial score (nSPS) is 12.4. The largest absolute Gasteiger partial charge is 0.417 e. The molecule has 0 saturated heterocycles. The predicted molar refractivity (Wildman–Crippen MR) is 79.0 cm³/mol. The van der Waals surface area contributed by atoms with Gasteiger partial charge in [0.1, 0.15) is 11.6 Å². The fraction of sp³-hybridized carbons (Fsp3) is 0.125. The SMILES string of the molecule is O=C(NC(C(=O)NO)C(F)(F)F)c1ccc(-c2cc(F)cc(F)c2)cc1. The molecule has 5 nitrogen and oxygen atoms in total. The molecule has 0 heterocycles. The Morgan fingerprint density at radius 2 is 1.46 bits per heavy atom.